The minimum absolute atomic E-state index is 0. The third-order valence-electron chi connectivity index (χ3n) is 3.82. The van der Waals surface area contributed by atoms with Gasteiger partial charge in [-0.05, 0) is 36.4 Å². The summed E-state index contributed by atoms with van der Waals surface area (Å²) in [6.07, 6.45) is 0. The molecule has 0 aliphatic heterocycles. The van der Waals surface area contributed by atoms with Crippen molar-refractivity contribution in [3.05, 3.63) is 91.0 Å². The molecule has 0 unspecified atom stereocenters. The predicted octanol–water partition coefficient (Wildman–Crippen LogP) is 4.61. The van der Waals surface area contributed by atoms with Gasteiger partial charge in [0, 0.05) is 0 Å². The molecule has 0 aromatic heterocycles. The zero-order valence-corrected chi connectivity index (χ0v) is 15.8. The van der Waals surface area contributed by atoms with Crippen LogP contribution in [-0.2, 0) is 0 Å². The molecular formula is C19H20BrClP+. The summed E-state index contributed by atoms with van der Waals surface area (Å²) in [4.78, 5) is 0. The highest BCUT2D eigenvalue weighted by atomic mass is 79.9. The molecule has 0 amide bonds. The molecule has 0 aliphatic rings. The molecular weight excluding hydrogens is 375 g/mol. The average Bonchev–Trinajstić information content (AvgIpc) is 2.56. The van der Waals surface area contributed by atoms with Crippen LogP contribution in [0.4, 0.5) is 0 Å². The van der Waals surface area contributed by atoms with Gasteiger partial charge in [-0.1, -0.05) is 54.6 Å². The van der Waals surface area contributed by atoms with Crippen molar-refractivity contribution in [2.24, 2.45) is 0 Å². The van der Waals surface area contributed by atoms with E-state index in [1.54, 1.807) is 0 Å². The molecule has 114 valence electrons. The van der Waals surface area contributed by atoms with Crippen LogP contribution < -0.4 is 15.9 Å². The lowest BCUT2D eigenvalue weighted by Crippen LogP contribution is -2.30. The van der Waals surface area contributed by atoms with Gasteiger partial charge in [0.15, 0.2) is 0 Å². The Kier molecular flexibility index (Phi) is 7.29. The Balaban J connectivity index is 0.00000121. The molecule has 22 heavy (non-hydrogen) atoms. The number of hydrogen-bond acceptors (Lipinski definition) is 0. The molecule has 0 heterocycles. The van der Waals surface area contributed by atoms with Crippen LogP contribution in [0.2, 0.25) is 0 Å². The normalized spacial score (nSPS) is 10.2. The Morgan fingerprint density at radius 3 is 0.955 bits per heavy atom. The molecule has 0 radical (unpaired) electrons. The van der Waals surface area contributed by atoms with Crippen molar-refractivity contribution in [1.29, 1.82) is 0 Å². The lowest BCUT2D eigenvalue weighted by atomic mass is 10.4. The van der Waals surface area contributed by atoms with E-state index in [0.717, 1.165) is 0 Å². The third kappa shape index (κ3) is 3.60. The fourth-order valence-corrected chi connectivity index (χ4v) is 5.83. The number of rotatable bonds is 3. The molecule has 0 saturated carbocycles. The molecule has 3 aromatic rings. The van der Waals surface area contributed by atoms with E-state index in [9.17, 15) is 0 Å². The highest BCUT2D eigenvalue weighted by Crippen LogP contribution is 2.51. The standard InChI is InChI=1S/C19H18P.BrH.ClH/c1-20(17-11-5-2-6-12-17,18-13-7-3-8-14-18)19-15-9-4-10-16-19;;/h2-16H,1H3;2*1H/q+1;;. The maximum Gasteiger partial charge on any atom is 0.109 e. The third-order valence-corrected chi connectivity index (χ3v) is 7.81. The zero-order valence-electron chi connectivity index (χ0n) is 12.4. The maximum atomic E-state index is 2.41. The van der Waals surface area contributed by atoms with E-state index in [-0.39, 0.29) is 29.4 Å². The van der Waals surface area contributed by atoms with Crippen molar-refractivity contribution >= 4 is 52.6 Å². The first-order valence-electron chi connectivity index (χ1n) is 6.85. The van der Waals surface area contributed by atoms with Gasteiger partial charge in [-0.2, -0.15) is 0 Å². The van der Waals surface area contributed by atoms with E-state index in [1.165, 1.54) is 15.9 Å². The van der Waals surface area contributed by atoms with Crippen LogP contribution in [0.5, 0.6) is 0 Å². The fourth-order valence-electron chi connectivity index (χ4n) is 2.63. The fraction of sp³-hybridized carbons (Fsp3) is 0.0526. The van der Waals surface area contributed by atoms with E-state index < -0.39 is 7.26 Å². The van der Waals surface area contributed by atoms with Crippen LogP contribution in [0.25, 0.3) is 0 Å². The van der Waals surface area contributed by atoms with Crippen molar-refractivity contribution in [2.45, 2.75) is 0 Å². The van der Waals surface area contributed by atoms with Gasteiger partial charge in [0.1, 0.15) is 23.2 Å². The van der Waals surface area contributed by atoms with Gasteiger partial charge in [0.25, 0.3) is 0 Å². The number of halogens is 2. The summed E-state index contributed by atoms with van der Waals surface area (Å²) < 4.78 is 0. The monoisotopic (exact) mass is 393 g/mol. The van der Waals surface area contributed by atoms with Gasteiger partial charge in [0.2, 0.25) is 0 Å². The van der Waals surface area contributed by atoms with Crippen molar-refractivity contribution in [2.75, 3.05) is 6.66 Å². The summed E-state index contributed by atoms with van der Waals surface area (Å²) in [5, 5.41) is 4.28. The minimum atomic E-state index is -1.53. The molecule has 3 heteroatoms. The molecule has 0 atom stereocenters. The van der Waals surface area contributed by atoms with Crippen LogP contribution in [0.1, 0.15) is 0 Å². The lowest BCUT2D eigenvalue weighted by Gasteiger charge is -2.22. The van der Waals surface area contributed by atoms with E-state index in [1.807, 2.05) is 0 Å². The molecule has 0 N–H and O–H groups in total. The van der Waals surface area contributed by atoms with Crippen molar-refractivity contribution in [3.8, 4) is 0 Å². The molecule has 0 spiro atoms. The van der Waals surface area contributed by atoms with Gasteiger partial charge in [-0.25, -0.2) is 0 Å². The summed E-state index contributed by atoms with van der Waals surface area (Å²) in [6.45, 7) is 2.41. The summed E-state index contributed by atoms with van der Waals surface area (Å²) in [7, 11) is -1.53. The molecule has 0 saturated heterocycles. The quantitative estimate of drug-likeness (QED) is 0.569. The second-order valence-electron chi connectivity index (χ2n) is 5.01. The van der Waals surface area contributed by atoms with E-state index in [2.05, 4.69) is 97.7 Å². The van der Waals surface area contributed by atoms with Crippen molar-refractivity contribution < 1.29 is 0 Å². The molecule has 0 aliphatic carbocycles. The molecule has 3 aromatic carbocycles. The minimum Gasteiger partial charge on any atom is -0.147 e. The van der Waals surface area contributed by atoms with Gasteiger partial charge >= 0.3 is 0 Å². The van der Waals surface area contributed by atoms with Crippen LogP contribution >= 0.6 is 36.7 Å². The number of hydrogen-bond donors (Lipinski definition) is 0. The van der Waals surface area contributed by atoms with Crippen molar-refractivity contribution in [3.63, 3.8) is 0 Å². The van der Waals surface area contributed by atoms with Gasteiger partial charge in [-0.3, -0.25) is 0 Å². The Morgan fingerprint density at radius 2 is 0.727 bits per heavy atom. The van der Waals surface area contributed by atoms with E-state index in [4.69, 9.17) is 0 Å². The lowest BCUT2D eigenvalue weighted by molar-refractivity contribution is 1.72. The first-order chi connectivity index (χ1) is 9.82. The Bertz CT molecular complexity index is 575. The largest absolute Gasteiger partial charge is 0.147 e. The summed E-state index contributed by atoms with van der Waals surface area (Å²) in [6, 6.07) is 32.6. The van der Waals surface area contributed by atoms with Crippen LogP contribution in [0.3, 0.4) is 0 Å². The van der Waals surface area contributed by atoms with Crippen molar-refractivity contribution in [1.82, 2.24) is 0 Å². The smallest absolute Gasteiger partial charge is 0.109 e. The molecule has 0 nitrogen and oxygen atoms in total. The predicted molar refractivity (Wildman–Crippen MR) is 109 cm³/mol. The van der Waals surface area contributed by atoms with Gasteiger partial charge in [0.05, 0.1) is 6.66 Å². The highest BCUT2D eigenvalue weighted by molar-refractivity contribution is 8.93. The Hall–Kier alpha value is -1.14. The maximum absolute atomic E-state index is 2.41. The van der Waals surface area contributed by atoms with Gasteiger partial charge in [-0.15, -0.1) is 29.4 Å². The first-order valence-corrected chi connectivity index (χ1v) is 9.09. The van der Waals surface area contributed by atoms with Crippen LogP contribution in [-0.4, -0.2) is 6.66 Å². The summed E-state index contributed by atoms with van der Waals surface area (Å²) >= 11 is 0. The summed E-state index contributed by atoms with van der Waals surface area (Å²) in [5.74, 6) is 0. The zero-order chi connectivity index (χ0) is 13.8. The Morgan fingerprint density at radius 1 is 0.500 bits per heavy atom. The van der Waals surface area contributed by atoms with E-state index in [0.29, 0.717) is 0 Å². The summed E-state index contributed by atoms with van der Waals surface area (Å²) in [5.41, 5.74) is 0. The first kappa shape index (κ1) is 18.9. The number of benzene rings is 3. The second-order valence-corrected chi connectivity index (χ2v) is 8.57. The highest BCUT2D eigenvalue weighted by Gasteiger charge is 2.39. The SMILES string of the molecule is Br.C[P+](c1ccccc1)(c1ccccc1)c1ccccc1.Cl. The Labute approximate surface area is 150 Å². The topological polar surface area (TPSA) is 0 Å². The molecule has 0 fully saturated rings. The van der Waals surface area contributed by atoms with Crippen LogP contribution in [0, 0.1) is 0 Å². The average molecular weight is 395 g/mol. The van der Waals surface area contributed by atoms with Crippen LogP contribution in [0.15, 0.2) is 91.0 Å². The van der Waals surface area contributed by atoms with E-state index >= 15 is 0 Å². The molecule has 3 rings (SSSR count). The molecule has 0 bridgehead atoms. The van der Waals surface area contributed by atoms with Gasteiger partial charge < -0.3 is 0 Å². The second kappa shape index (κ2) is 8.48.